The van der Waals surface area contributed by atoms with Crippen molar-refractivity contribution in [2.75, 3.05) is 4.90 Å². The van der Waals surface area contributed by atoms with Crippen molar-refractivity contribution in [3.8, 4) is 11.1 Å². The predicted octanol–water partition coefficient (Wildman–Crippen LogP) is 12.8. The maximum Gasteiger partial charge on any atom is 0.333 e. The quantitative estimate of drug-likeness (QED) is 0.162. The maximum absolute atomic E-state index is 2.87. The summed E-state index contributed by atoms with van der Waals surface area (Å²) in [6.45, 7) is 0.106. The van der Waals surface area contributed by atoms with Gasteiger partial charge in [0.05, 0.1) is 11.4 Å². The molecule has 8 bridgehead atoms. The van der Waals surface area contributed by atoms with Crippen LogP contribution in [0.25, 0.3) is 43.7 Å². The van der Waals surface area contributed by atoms with E-state index < -0.39 is 0 Å². The molecule has 0 unspecified atom stereocenters. The fraction of sp³-hybridized carbons (Fsp3) is 0.370. The Morgan fingerprint density at radius 1 is 0.534 bits per heavy atom. The molecule has 8 aliphatic carbocycles. The molecule has 11 aliphatic rings. The van der Waals surface area contributed by atoms with E-state index >= 15 is 0 Å². The number of hydrogen-bond acceptors (Lipinski definition) is 2. The first-order chi connectivity index (χ1) is 28.6. The number of fused-ring (bicyclic) bond motifs is 11. The summed E-state index contributed by atoms with van der Waals surface area (Å²) in [5.41, 5.74) is 17.0. The number of anilines is 3. The average Bonchev–Trinajstić information content (AvgIpc) is 3.55. The zero-order valence-electron chi connectivity index (χ0n) is 33.1. The Kier molecular flexibility index (Phi) is 5.69. The van der Waals surface area contributed by atoms with E-state index in [-0.39, 0.29) is 6.85 Å². The molecule has 2 nitrogen and oxygen atoms in total. The van der Waals surface area contributed by atoms with Crippen molar-refractivity contribution < 1.29 is 0 Å². The van der Waals surface area contributed by atoms with Gasteiger partial charge in [-0.2, -0.15) is 0 Å². The van der Waals surface area contributed by atoms with Crippen molar-refractivity contribution in [1.29, 1.82) is 0 Å². The zero-order valence-corrected chi connectivity index (χ0v) is 34.0. The fourth-order valence-electron chi connectivity index (χ4n) is 17.0. The molecule has 7 aromatic rings. The normalized spacial score (nSPS) is 32.3. The van der Waals surface area contributed by atoms with Crippen LogP contribution in [0, 0.1) is 35.5 Å². The van der Waals surface area contributed by atoms with Crippen molar-refractivity contribution in [2.45, 2.75) is 97.7 Å². The van der Waals surface area contributed by atoms with Gasteiger partial charge in [0, 0.05) is 42.8 Å². The number of nitrogens with zero attached hydrogens (tertiary/aromatic N) is 2. The highest BCUT2D eigenvalue weighted by Gasteiger charge is 2.54. The van der Waals surface area contributed by atoms with Gasteiger partial charge in [0.15, 0.2) is 0 Å². The summed E-state index contributed by atoms with van der Waals surface area (Å²) < 4.78 is 2.87. The highest BCUT2D eigenvalue weighted by molar-refractivity contribution is 7.99. The molecule has 0 N–H and O–H groups in total. The molecule has 4 heterocycles. The molecular formula is C54H47BN2S. The van der Waals surface area contributed by atoms with E-state index in [4.69, 9.17) is 0 Å². The SMILES string of the molecule is c1ccc2c(c1)Sc1cccc3c1N2c1cc2ccccc2c2c1B3n1c3ccc(C45CC6CC(CC(C6)C4)C5)cc3c3cc(C45CC6CC(CC(C6)C4)C5)cc-2c31. The topological polar surface area (TPSA) is 8.17 Å². The molecule has 8 saturated carbocycles. The zero-order chi connectivity index (χ0) is 37.2. The van der Waals surface area contributed by atoms with E-state index in [2.05, 4.69) is 113 Å². The minimum atomic E-state index is 0.106. The summed E-state index contributed by atoms with van der Waals surface area (Å²) in [5.74, 6) is 5.58. The number of para-hydroxylation sites is 2. The average molecular weight is 767 g/mol. The van der Waals surface area contributed by atoms with Gasteiger partial charge in [-0.25, -0.2) is 0 Å². The third-order valence-electron chi connectivity index (χ3n) is 18.2. The van der Waals surface area contributed by atoms with Crippen LogP contribution in [0.4, 0.5) is 17.1 Å². The van der Waals surface area contributed by atoms with Crippen LogP contribution in [0.2, 0.25) is 0 Å². The summed E-state index contributed by atoms with van der Waals surface area (Å²) in [7, 11) is 0. The molecule has 18 rings (SSSR count). The van der Waals surface area contributed by atoms with Crippen molar-refractivity contribution >= 4 is 79.2 Å². The molecule has 3 aliphatic heterocycles. The third-order valence-corrected chi connectivity index (χ3v) is 19.3. The Morgan fingerprint density at radius 3 is 1.91 bits per heavy atom. The van der Waals surface area contributed by atoms with Crippen LogP contribution in [-0.2, 0) is 10.8 Å². The minimum Gasteiger partial charge on any atom is -0.375 e. The second-order valence-electron chi connectivity index (χ2n) is 21.3. The summed E-state index contributed by atoms with van der Waals surface area (Å²) in [5, 5.41) is 5.84. The molecule has 0 spiro atoms. The molecule has 0 saturated heterocycles. The first-order valence-corrected chi connectivity index (χ1v) is 23.8. The standard InChI is InChI=1S/C54H47BN2S/c1-2-7-39-36(6-1)20-46-50-49(39)42-23-38(54-27-33-17-34(28-54)19-35(18-33)29-54)22-41-40-21-37(53-24-30-14-31(25-53)16-32(15-30)26-53)12-13-44(40)57(51(41)42)55(50)43-8-5-11-48-52(43)56(46)45-9-3-4-10-47(45)58-48/h1-13,20-23,30-35H,14-19,24-29H2. The maximum atomic E-state index is 2.87. The third kappa shape index (κ3) is 3.79. The highest BCUT2D eigenvalue weighted by Crippen LogP contribution is 2.64. The Morgan fingerprint density at radius 2 is 1.17 bits per heavy atom. The van der Waals surface area contributed by atoms with E-state index in [0.29, 0.717) is 10.8 Å². The van der Waals surface area contributed by atoms with E-state index in [1.54, 1.807) is 11.1 Å². The Bertz CT molecular complexity index is 2970. The molecule has 6 aromatic carbocycles. The van der Waals surface area contributed by atoms with Gasteiger partial charge in [0.2, 0.25) is 0 Å². The van der Waals surface area contributed by atoms with Gasteiger partial charge >= 0.3 is 6.85 Å². The van der Waals surface area contributed by atoms with Crippen molar-refractivity contribution in [3.05, 3.63) is 114 Å². The van der Waals surface area contributed by atoms with E-state index in [1.165, 1.54) is 159 Å². The van der Waals surface area contributed by atoms with Gasteiger partial charge in [-0.3, -0.25) is 0 Å². The number of benzene rings is 6. The van der Waals surface area contributed by atoms with Crippen LogP contribution >= 0.6 is 11.8 Å². The lowest BCUT2D eigenvalue weighted by atomic mass is 9.44. The number of aromatic nitrogens is 1. The van der Waals surface area contributed by atoms with Gasteiger partial charge < -0.3 is 9.38 Å². The van der Waals surface area contributed by atoms with Crippen molar-refractivity contribution in [1.82, 2.24) is 4.48 Å². The van der Waals surface area contributed by atoms with E-state index in [0.717, 1.165) is 35.5 Å². The van der Waals surface area contributed by atoms with Gasteiger partial charge in [-0.1, -0.05) is 66.4 Å². The first kappa shape index (κ1) is 31.5. The van der Waals surface area contributed by atoms with Crippen molar-refractivity contribution in [2.24, 2.45) is 35.5 Å². The van der Waals surface area contributed by atoms with Crippen molar-refractivity contribution in [3.63, 3.8) is 0 Å². The lowest BCUT2D eigenvalue weighted by molar-refractivity contribution is -0.00527. The largest absolute Gasteiger partial charge is 0.375 e. The summed E-state index contributed by atoms with van der Waals surface area (Å²) >= 11 is 1.95. The summed E-state index contributed by atoms with van der Waals surface area (Å²) in [4.78, 5) is 5.38. The molecular weight excluding hydrogens is 719 g/mol. The highest BCUT2D eigenvalue weighted by atomic mass is 32.2. The Balaban J connectivity index is 1.04. The molecule has 58 heavy (non-hydrogen) atoms. The van der Waals surface area contributed by atoms with E-state index in [1.807, 2.05) is 11.8 Å². The van der Waals surface area contributed by atoms with Crippen LogP contribution in [0.3, 0.4) is 0 Å². The molecule has 0 atom stereocenters. The van der Waals surface area contributed by atoms with Gasteiger partial charge in [-0.15, -0.1) is 0 Å². The molecule has 0 amide bonds. The van der Waals surface area contributed by atoms with Crippen LogP contribution in [0.1, 0.15) is 88.2 Å². The molecule has 8 fully saturated rings. The molecule has 0 radical (unpaired) electrons. The molecule has 4 heteroatoms. The van der Waals surface area contributed by atoms with Crippen LogP contribution < -0.4 is 15.8 Å². The predicted molar refractivity (Wildman–Crippen MR) is 241 cm³/mol. The van der Waals surface area contributed by atoms with Gasteiger partial charge in [0.25, 0.3) is 0 Å². The number of rotatable bonds is 2. The second-order valence-corrected chi connectivity index (χ2v) is 22.4. The molecule has 282 valence electrons. The van der Waals surface area contributed by atoms with E-state index in [9.17, 15) is 0 Å². The van der Waals surface area contributed by atoms with Crippen LogP contribution in [0.15, 0.2) is 113 Å². The van der Waals surface area contributed by atoms with Gasteiger partial charge in [-0.05, 0) is 210 Å². The Labute approximate surface area is 345 Å². The smallest absolute Gasteiger partial charge is 0.333 e. The lowest BCUT2D eigenvalue weighted by Crippen LogP contribution is -2.57. The number of hydrogen-bond donors (Lipinski definition) is 0. The second kappa shape index (κ2) is 10.5. The summed E-state index contributed by atoms with van der Waals surface area (Å²) in [6, 6.07) is 41.9. The van der Waals surface area contributed by atoms with Gasteiger partial charge in [0.1, 0.15) is 0 Å². The monoisotopic (exact) mass is 766 g/mol. The Hall–Kier alpha value is -4.41. The molecule has 1 aromatic heterocycles. The first-order valence-electron chi connectivity index (χ1n) is 23.0. The van der Waals surface area contributed by atoms with Crippen LogP contribution in [0.5, 0.6) is 0 Å². The lowest BCUT2D eigenvalue weighted by Gasteiger charge is -2.57. The summed E-state index contributed by atoms with van der Waals surface area (Å²) in [6.07, 6.45) is 17.4. The van der Waals surface area contributed by atoms with Crippen LogP contribution in [-0.4, -0.2) is 11.3 Å². The fourth-order valence-corrected chi connectivity index (χ4v) is 18.1. The minimum absolute atomic E-state index is 0.106.